The normalized spacial score (nSPS) is 10.7. The third-order valence-corrected chi connectivity index (χ3v) is 8.14. The zero-order valence-corrected chi connectivity index (χ0v) is 26.9. The molecule has 0 atom stereocenters. The molecule has 0 amide bonds. The number of carbonyl (C=O) groups excluding carboxylic acids is 2. The topological polar surface area (TPSA) is 108 Å². The number of rotatable bonds is 10. The van der Waals surface area contributed by atoms with E-state index in [-0.39, 0.29) is 11.6 Å². The lowest BCUT2D eigenvalue weighted by atomic mass is 10.0. The molecule has 7 rings (SSSR count). The summed E-state index contributed by atoms with van der Waals surface area (Å²) in [4.78, 5) is 40.6. The van der Waals surface area contributed by atoms with E-state index >= 15 is 0 Å². The molecular weight excluding hydrogens is 620 g/mol. The summed E-state index contributed by atoms with van der Waals surface area (Å²) in [5.41, 5.74) is 11.9. The zero-order valence-electron chi connectivity index (χ0n) is 26.9. The van der Waals surface area contributed by atoms with Gasteiger partial charge < -0.3 is 10.5 Å². The van der Waals surface area contributed by atoms with Crippen molar-refractivity contribution in [3.8, 4) is 39.9 Å². The summed E-state index contributed by atoms with van der Waals surface area (Å²) >= 11 is 0. The van der Waals surface area contributed by atoms with E-state index < -0.39 is 0 Å². The van der Waals surface area contributed by atoms with Crippen LogP contribution in [0.4, 0.5) is 5.69 Å². The van der Waals surface area contributed by atoms with Gasteiger partial charge in [0.05, 0.1) is 5.69 Å². The van der Waals surface area contributed by atoms with E-state index in [4.69, 9.17) is 25.4 Å². The summed E-state index contributed by atoms with van der Waals surface area (Å²) in [5, 5.41) is 0. The SMILES string of the molecule is C=C(Oc1ccccc1N)c1ccc(-c2nc(-c3ccc(C(=O)c4ccccc4)cc3)nc(-c3ccc(C(=O)c4ccccc4)cc3)n2)cc1. The number of nitrogen functional groups attached to an aromatic ring is 1. The zero-order chi connectivity index (χ0) is 34.5. The number of carbonyl (C=O) groups is 2. The largest absolute Gasteiger partial charge is 0.455 e. The maximum absolute atomic E-state index is 13.0. The third-order valence-electron chi connectivity index (χ3n) is 8.14. The molecule has 0 saturated carbocycles. The minimum atomic E-state index is -0.0695. The maximum atomic E-state index is 13.0. The molecular formula is C43H30N4O3. The molecule has 0 unspecified atom stereocenters. The molecule has 50 heavy (non-hydrogen) atoms. The minimum absolute atomic E-state index is 0.0695. The fourth-order valence-electron chi connectivity index (χ4n) is 5.39. The lowest BCUT2D eigenvalue weighted by Gasteiger charge is -2.12. The van der Waals surface area contributed by atoms with E-state index in [2.05, 4.69) is 6.58 Å². The number of ether oxygens (including phenoxy) is 1. The number of nitrogens with two attached hydrogens (primary N) is 1. The number of aromatic nitrogens is 3. The molecule has 0 radical (unpaired) electrons. The Balaban J connectivity index is 1.22. The third kappa shape index (κ3) is 6.83. The lowest BCUT2D eigenvalue weighted by Crippen LogP contribution is -2.03. The molecule has 6 aromatic carbocycles. The molecule has 1 heterocycles. The van der Waals surface area contributed by atoms with Gasteiger partial charge in [-0.25, -0.2) is 15.0 Å². The minimum Gasteiger partial charge on any atom is -0.455 e. The Bertz CT molecular complexity index is 2210. The Labute approximate surface area is 289 Å². The van der Waals surface area contributed by atoms with Crippen molar-refractivity contribution >= 4 is 23.0 Å². The predicted molar refractivity (Wildman–Crippen MR) is 196 cm³/mol. The van der Waals surface area contributed by atoms with Crippen molar-refractivity contribution in [3.05, 3.63) is 192 Å². The summed E-state index contributed by atoms with van der Waals surface area (Å²) in [7, 11) is 0. The Hall–Kier alpha value is -6.99. The van der Waals surface area contributed by atoms with Crippen LogP contribution in [0.3, 0.4) is 0 Å². The second-order valence-electron chi connectivity index (χ2n) is 11.5. The van der Waals surface area contributed by atoms with Gasteiger partial charge in [-0.1, -0.05) is 152 Å². The van der Waals surface area contributed by atoms with Crippen LogP contribution in [0, 0.1) is 0 Å². The Morgan fingerprint density at radius 2 is 0.780 bits per heavy atom. The molecule has 0 fully saturated rings. The fraction of sp³-hybridized carbons (Fsp3) is 0. The summed E-state index contributed by atoms with van der Waals surface area (Å²) in [5.74, 6) is 2.15. The molecule has 7 aromatic rings. The number of para-hydroxylation sites is 2. The molecule has 0 aliphatic heterocycles. The van der Waals surface area contributed by atoms with E-state index in [0.717, 1.165) is 11.1 Å². The number of benzene rings is 6. The standard InChI is InChI=1S/C43H30N4O3/c1-28(50-38-15-9-8-14-37(38)44)29-16-22-34(23-17-29)41-45-42(35-24-18-32(19-25-35)39(48)30-10-4-2-5-11-30)47-43(46-41)36-26-20-33(21-27-36)40(49)31-12-6-3-7-13-31/h2-27H,1,44H2. The lowest BCUT2D eigenvalue weighted by molar-refractivity contribution is 0.103. The van der Waals surface area contributed by atoms with Crippen molar-refractivity contribution in [2.45, 2.75) is 0 Å². The smallest absolute Gasteiger partial charge is 0.193 e. The molecule has 240 valence electrons. The number of nitrogens with zero attached hydrogens (tertiary/aromatic N) is 3. The van der Waals surface area contributed by atoms with Gasteiger partial charge in [-0.05, 0) is 12.1 Å². The van der Waals surface area contributed by atoms with E-state index in [1.54, 1.807) is 60.7 Å². The van der Waals surface area contributed by atoms with Crippen LogP contribution in [0.25, 0.3) is 39.9 Å². The molecule has 0 bridgehead atoms. The van der Waals surface area contributed by atoms with Gasteiger partial charge in [-0.2, -0.15) is 0 Å². The Morgan fingerprint density at radius 1 is 0.440 bits per heavy atom. The van der Waals surface area contributed by atoms with E-state index in [9.17, 15) is 9.59 Å². The van der Waals surface area contributed by atoms with Crippen LogP contribution in [0.5, 0.6) is 5.75 Å². The molecule has 0 saturated heterocycles. The van der Waals surface area contributed by atoms with Crippen LogP contribution in [-0.4, -0.2) is 26.5 Å². The summed E-state index contributed by atoms with van der Waals surface area (Å²) in [6, 6.07) is 47.5. The molecule has 0 aliphatic carbocycles. The van der Waals surface area contributed by atoms with Crippen LogP contribution >= 0.6 is 0 Å². The molecule has 0 spiro atoms. The number of hydrogen-bond donors (Lipinski definition) is 1. The van der Waals surface area contributed by atoms with Gasteiger partial charge in [-0.15, -0.1) is 0 Å². The van der Waals surface area contributed by atoms with Crippen LogP contribution < -0.4 is 10.5 Å². The van der Waals surface area contributed by atoms with Gasteiger partial charge >= 0.3 is 0 Å². The molecule has 7 nitrogen and oxygen atoms in total. The number of hydrogen-bond acceptors (Lipinski definition) is 7. The highest BCUT2D eigenvalue weighted by Crippen LogP contribution is 2.29. The monoisotopic (exact) mass is 650 g/mol. The first-order valence-corrected chi connectivity index (χ1v) is 15.9. The average Bonchev–Trinajstić information content (AvgIpc) is 3.19. The summed E-state index contributed by atoms with van der Waals surface area (Å²) in [6.45, 7) is 4.08. The van der Waals surface area contributed by atoms with Crippen molar-refractivity contribution in [1.29, 1.82) is 0 Å². The van der Waals surface area contributed by atoms with Gasteiger partial charge in [0.2, 0.25) is 0 Å². The van der Waals surface area contributed by atoms with Gasteiger partial charge in [0.1, 0.15) is 11.5 Å². The number of anilines is 1. The molecule has 2 N–H and O–H groups in total. The highest BCUT2D eigenvalue weighted by Gasteiger charge is 2.16. The number of ketones is 2. The summed E-state index contributed by atoms with van der Waals surface area (Å²) < 4.78 is 5.93. The van der Waals surface area contributed by atoms with Crippen LogP contribution in [0.1, 0.15) is 37.4 Å². The predicted octanol–water partition coefficient (Wildman–Crippen LogP) is 8.97. The summed E-state index contributed by atoms with van der Waals surface area (Å²) in [6.07, 6.45) is 0. The second kappa shape index (κ2) is 14.0. The van der Waals surface area contributed by atoms with Gasteiger partial charge in [0.25, 0.3) is 0 Å². The van der Waals surface area contributed by atoms with Gasteiger partial charge in [-0.3, -0.25) is 9.59 Å². The van der Waals surface area contributed by atoms with Crippen molar-refractivity contribution in [3.63, 3.8) is 0 Å². The second-order valence-corrected chi connectivity index (χ2v) is 11.5. The van der Waals surface area contributed by atoms with Crippen molar-refractivity contribution in [2.75, 3.05) is 5.73 Å². The Morgan fingerprint density at radius 3 is 1.18 bits per heavy atom. The van der Waals surface area contributed by atoms with Gasteiger partial charge in [0, 0.05) is 44.5 Å². The first-order chi connectivity index (χ1) is 24.4. The fourth-order valence-corrected chi connectivity index (χ4v) is 5.39. The van der Waals surface area contributed by atoms with E-state index in [1.165, 1.54) is 0 Å². The van der Waals surface area contributed by atoms with Crippen LogP contribution in [0.2, 0.25) is 0 Å². The molecule has 1 aromatic heterocycles. The van der Waals surface area contributed by atoms with E-state index in [1.807, 2.05) is 97.1 Å². The maximum Gasteiger partial charge on any atom is 0.193 e. The first kappa shape index (κ1) is 31.6. The first-order valence-electron chi connectivity index (χ1n) is 15.9. The highest BCUT2D eigenvalue weighted by molar-refractivity contribution is 6.09. The van der Waals surface area contributed by atoms with Crippen LogP contribution in [0.15, 0.2) is 164 Å². The molecule has 7 heteroatoms. The quantitative estimate of drug-likeness (QED) is 0.0894. The Kier molecular flexibility index (Phi) is 8.86. The van der Waals surface area contributed by atoms with Crippen LogP contribution in [-0.2, 0) is 0 Å². The molecule has 0 aliphatic rings. The van der Waals surface area contributed by atoms with Crippen molar-refractivity contribution in [1.82, 2.24) is 15.0 Å². The highest BCUT2D eigenvalue weighted by atomic mass is 16.5. The van der Waals surface area contributed by atoms with Gasteiger partial charge in [0.15, 0.2) is 29.0 Å². The van der Waals surface area contributed by atoms with Crippen molar-refractivity contribution < 1.29 is 14.3 Å². The van der Waals surface area contributed by atoms with Crippen molar-refractivity contribution in [2.24, 2.45) is 0 Å². The average molecular weight is 651 g/mol. The van der Waals surface area contributed by atoms with E-state index in [0.29, 0.717) is 68.0 Å².